The predicted molar refractivity (Wildman–Crippen MR) is 71.1 cm³/mol. The van der Waals surface area contributed by atoms with E-state index in [-0.39, 0.29) is 16.9 Å². The van der Waals surface area contributed by atoms with Gasteiger partial charge in [-0.1, -0.05) is 12.1 Å². The lowest BCUT2D eigenvalue weighted by molar-refractivity contribution is -0.141. The van der Waals surface area contributed by atoms with Gasteiger partial charge in [0.2, 0.25) is 0 Å². The molecule has 22 heavy (non-hydrogen) atoms. The molecule has 0 saturated carbocycles. The van der Waals surface area contributed by atoms with Crippen molar-refractivity contribution in [2.75, 3.05) is 5.32 Å². The summed E-state index contributed by atoms with van der Waals surface area (Å²) in [7, 11) is 1.21. The van der Waals surface area contributed by atoms with Crippen LogP contribution in [0.25, 0.3) is 0 Å². The highest BCUT2D eigenvalue weighted by atomic mass is 19.4. The molecule has 0 aliphatic rings. The summed E-state index contributed by atoms with van der Waals surface area (Å²) in [5.74, 6) is -1.60. The minimum Gasteiger partial charge on any atom is -0.366 e. The van der Waals surface area contributed by atoms with E-state index >= 15 is 0 Å². The molecule has 3 N–H and O–H groups in total. The van der Waals surface area contributed by atoms with Crippen molar-refractivity contribution in [3.63, 3.8) is 0 Å². The minimum atomic E-state index is -4.65. The van der Waals surface area contributed by atoms with Crippen molar-refractivity contribution in [3.8, 4) is 0 Å². The second-order valence-corrected chi connectivity index (χ2v) is 4.40. The minimum absolute atomic E-state index is 0.0501. The van der Waals surface area contributed by atoms with Gasteiger partial charge in [-0.2, -0.15) is 18.3 Å². The number of alkyl halides is 3. The lowest BCUT2D eigenvalue weighted by atomic mass is 10.1. The van der Waals surface area contributed by atoms with Crippen LogP contribution in [0, 0.1) is 0 Å². The van der Waals surface area contributed by atoms with Crippen LogP contribution in [0.5, 0.6) is 0 Å². The molecule has 0 radical (unpaired) electrons. The zero-order chi connectivity index (χ0) is 16.5. The molecule has 0 spiro atoms. The number of carbonyl (C=O) groups is 2. The smallest absolute Gasteiger partial charge is 0.366 e. The first-order chi connectivity index (χ1) is 10.2. The molecule has 0 bridgehead atoms. The van der Waals surface area contributed by atoms with E-state index < -0.39 is 23.7 Å². The summed E-state index contributed by atoms with van der Waals surface area (Å²) in [6.45, 7) is 0. The highest BCUT2D eigenvalue weighted by molar-refractivity contribution is 6.08. The van der Waals surface area contributed by atoms with Crippen LogP contribution in [0.3, 0.4) is 0 Å². The molecule has 1 aromatic carbocycles. The fourth-order valence-corrected chi connectivity index (χ4v) is 1.81. The molecule has 2 amide bonds. The van der Waals surface area contributed by atoms with Gasteiger partial charge in [0.25, 0.3) is 11.8 Å². The van der Waals surface area contributed by atoms with Crippen molar-refractivity contribution in [2.24, 2.45) is 12.8 Å². The Bertz CT molecular complexity index is 737. The number of aryl methyl sites for hydroxylation is 1. The highest BCUT2D eigenvalue weighted by Crippen LogP contribution is 2.28. The summed E-state index contributed by atoms with van der Waals surface area (Å²) < 4.78 is 38.5. The van der Waals surface area contributed by atoms with Crippen LogP contribution in [0.1, 0.15) is 26.5 Å². The maximum Gasteiger partial charge on any atom is 0.435 e. The first kappa shape index (κ1) is 15.5. The van der Waals surface area contributed by atoms with Crippen LogP contribution in [0.2, 0.25) is 0 Å². The lowest BCUT2D eigenvalue weighted by Gasteiger charge is -2.08. The number of amides is 2. The van der Waals surface area contributed by atoms with Gasteiger partial charge >= 0.3 is 6.18 Å². The Labute approximate surface area is 122 Å². The first-order valence-corrected chi connectivity index (χ1v) is 6.01. The molecule has 1 heterocycles. The van der Waals surface area contributed by atoms with Crippen LogP contribution in [-0.4, -0.2) is 21.6 Å². The van der Waals surface area contributed by atoms with Gasteiger partial charge in [0.15, 0.2) is 5.69 Å². The van der Waals surface area contributed by atoms with E-state index in [9.17, 15) is 22.8 Å². The van der Waals surface area contributed by atoms with Gasteiger partial charge < -0.3 is 11.1 Å². The number of rotatable bonds is 3. The third-order valence-corrected chi connectivity index (χ3v) is 2.84. The number of aromatic nitrogens is 2. The molecule has 0 atom stereocenters. The van der Waals surface area contributed by atoms with Crippen LogP contribution in [-0.2, 0) is 13.2 Å². The molecule has 6 nitrogen and oxygen atoms in total. The molecule has 0 aliphatic carbocycles. The molecule has 0 fully saturated rings. The van der Waals surface area contributed by atoms with Gasteiger partial charge in [-0.05, 0) is 12.1 Å². The van der Waals surface area contributed by atoms with E-state index in [2.05, 4.69) is 10.4 Å². The number of benzene rings is 1. The molecule has 2 aromatic rings. The molecule has 1 aromatic heterocycles. The van der Waals surface area contributed by atoms with Gasteiger partial charge in [0.05, 0.1) is 11.3 Å². The Balaban J connectivity index is 2.31. The number of para-hydroxylation sites is 1. The lowest BCUT2D eigenvalue weighted by Crippen LogP contribution is -2.20. The van der Waals surface area contributed by atoms with Crippen molar-refractivity contribution < 1.29 is 22.8 Å². The summed E-state index contributed by atoms with van der Waals surface area (Å²) >= 11 is 0. The monoisotopic (exact) mass is 312 g/mol. The zero-order valence-corrected chi connectivity index (χ0v) is 11.3. The molecule has 0 unspecified atom stereocenters. The quantitative estimate of drug-likeness (QED) is 0.905. The standard InChI is InChI=1S/C13H11F3N4O2/c1-20-9(6-10(19-20)13(14,15)16)12(22)18-8-5-3-2-4-7(8)11(17)21/h2-6H,1H3,(H2,17,21)(H,18,22). The fraction of sp³-hybridized carbons (Fsp3) is 0.154. The number of carbonyl (C=O) groups excluding carboxylic acids is 2. The molecular formula is C13H11F3N4O2. The maximum absolute atomic E-state index is 12.6. The number of nitrogens with one attached hydrogen (secondary N) is 1. The van der Waals surface area contributed by atoms with Crippen molar-refractivity contribution >= 4 is 17.5 Å². The van der Waals surface area contributed by atoms with Crippen LogP contribution >= 0.6 is 0 Å². The second-order valence-electron chi connectivity index (χ2n) is 4.40. The number of nitrogens with two attached hydrogens (primary N) is 1. The van der Waals surface area contributed by atoms with Gasteiger partial charge in [-0.15, -0.1) is 0 Å². The third-order valence-electron chi connectivity index (χ3n) is 2.84. The van der Waals surface area contributed by atoms with E-state index in [1.165, 1.54) is 19.2 Å². The molecule has 2 rings (SSSR count). The first-order valence-electron chi connectivity index (χ1n) is 6.01. The van der Waals surface area contributed by atoms with Gasteiger partial charge in [0.1, 0.15) is 5.69 Å². The molecule has 9 heteroatoms. The Morgan fingerprint density at radius 2 is 1.91 bits per heavy atom. The van der Waals surface area contributed by atoms with Crippen molar-refractivity contribution in [3.05, 3.63) is 47.3 Å². The van der Waals surface area contributed by atoms with E-state index in [0.717, 1.165) is 4.68 Å². The number of primary amides is 1. The molecule has 0 aliphatic heterocycles. The summed E-state index contributed by atoms with van der Waals surface area (Å²) in [5.41, 5.74) is 3.84. The Hall–Kier alpha value is -2.84. The molecule has 0 saturated heterocycles. The average Bonchev–Trinajstić information content (AvgIpc) is 2.81. The van der Waals surface area contributed by atoms with Crippen molar-refractivity contribution in [2.45, 2.75) is 6.18 Å². The fourth-order valence-electron chi connectivity index (χ4n) is 1.81. The van der Waals surface area contributed by atoms with E-state index in [1.807, 2.05) is 0 Å². The Morgan fingerprint density at radius 3 is 2.45 bits per heavy atom. The number of hydrogen-bond acceptors (Lipinski definition) is 3. The molecule has 116 valence electrons. The normalized spacial score (nSPS) is 11.3. The number of anilines is 1. The zero-order valence-electron chi connectivity index (χ0n) is 11.3. The van der Waals surface area contributed by atoms with Gasteiger partial charge in [0, 0.05) is 13.1 Å². The van der Waals surface area contributed by atoms with Crippen molar-refractivity contribution in [1.82, 2.24) is 9.78 Å². The predicted octanol–water partition coefficient (Wildman–Crippen LogP) is 1.79. The second kappa shape index (κ2) is 5.51. The maximum atomic E-state index is 12.6. The Kier molecular flexibility index (Phi) is 3.89. The summed E-state index contributed by atoms with van der Waals surface area (Å²) in [4.78, 5) is 23.3. The Morgan fingerprint density at radius 1 is 1.27 bits per heavy atom. The molecular weight excluding hydrogens is 301 g/mol. The summed E-state index contributed by atoms with van der Waals surface area (Å²) in [5, 5.41) is 5.59. The average molecular weight is 312 g/mol. The number of nitrogens with zero attached hydrogens (tertiary/aromatic N) is 2. The number of halogens is 3. The van der Waals surface area contributed by atoms with Crippen LogP contribution in [0.15, 0.2) is 30.3 Å². The number of hydrogen-bond donors (Lipinski definition) is 2. The van der Waals surface area contributed by atoms with Gasteiger partial charge in [-0.25, -0.2) is 0 Å². The van der Waals surface area contributed by atoms with Crippen LogP contribution in [0.4, 0.5) is 18.9 Å². The largest absolute Gasteiger partial charge is 0.435 e. The van der Waals surface area contributed by atoms with E-state index in [0.29, 0.717) is 6.07 Å². The topological polar surface area (TPSA) is 90.0 Å². The van der Waals surface area contributed by atoms with Crippen LogP contribution < -0.4 is 11.1 Å². The third kappa shape index (κ3) is 3.08. The summed E-state index contributed by atoms with van der Waals surface area (Å²) in [6, 6.07) is 6.53. The van der Waals surface area contributed by atoms with Crippen molar-refractivity contribution in [1.29, 1.82) is 0 Å². The summed E-state index contributed by atoms with van der Waals surface area (Å²) in [6.07, 6.45) is -4.65. The SMILES string of the molecule is Cn1nc(C(F)(F)F)cc1C(=O)Nc1ccccc1C(N)=O. The van der Waals surface area contributed by atoms with E-state index in [1.54, 1.807) is 12.1 Å². The van der Waals surface area contributed by atoms with Gasteiger partial charge in [-0.3, -0.25) is 14.3 Å². The highest BCUT2D eigenvalue weighted by Gasteiger charge is 2.35. The van der Waals surface area contributed by atoms with E-state index in [4.69, 9.17) is 5.73 Å².